The lowest BCUT2D eigenvalue weighted by atomic mass is 9.81. The average molecular weight is 401 g/mol. The standard InChI is InChI=1S/C23H32N2O2S/c1-4-25(5-2)22(19-11-12-28-16-19)15-24-23(26)14-18-8-6-7-17-13-20(27-3)9-10-21(17)18/h9-13,16,18,22H,4-8,14-15H2,1-3H3,(H,24,26). The fourth-order valence-electron chi connectivity index (χ4n) is 4.32. The summed E-state index contributed by atoms with van der Waals surface area (Å²) in [6.07, 6.45) is 3.85. The van der Waals surface area contributed by atoms with Gasteiger partial charge in [0.05, 0.1) is 13.2 Å². The summed E-state index contributed by atoms with van der Waals surface area (Å²) in [7, 11) is 1.70. The molecule has 1 aliphatic rings. The van der Waals surface area contributed by atoms with Gasteiger partial charge in [-0.15, -0.1) is 0 Å². The van der Waals surface area contributed by atoms with Crippen molar-refractivity contribution in [1.82, 2.24) is 10.2 Å². The summed E-state index contributed by atoms with van der Waals surface area (Å²) in [5, 5.41) is 7.53. The Morgan fingerprint density at radius 1 is 1.32 bits per heavy atom. The van der Waals surface area contributed by atoms with Gasteiger partial charge in [-0.3, -0.25) is 9.69 Å². The summed E-state index contributed by atoms with van der Waals surface area (Å²) in [5.41, 5.74) is 3.95. The predicted molar refractivity (Wildman–Crippen MR) is 116 cm³/mol. The molecule has 1 N–H and O–H groups in total. The third-order valence-electron chi connectivity index (χ3n) is 5.89. The fourth-order valence-corrected chi connectivity index (χ4v) is 5.03. The number of hydrogen-bond acceptors (Lipinski definition) is 4. The third-order valence-corrected chi connectivity index (χ3v) is 6.60. The van der Waals surface area contributed by atoms with Crippen LogP contribution in [0.15, 0.2) is 35.0 Å². The molecule has 0 saturated heterocycles. The van der Waals surface area contributed by atoms with Gasteiger partial charge in [0.2, 0.25) is 5.91 Å². The number of nitrogens with one attached hydrogen (secondary N) is 1. The van der Waals surface area contributed by atoms with Crippen molar-refractivity contribution in [1.29, 1.82) is 0 Å². The van der Waals surface area contributed by atoms with Gasteiger partial charge < -0.3 is 10.1 Å². The molecule has 0 bridgehead atoms. The number of carbonyl (C=O) groups excluding carboxylic acids is 1. The Morgan fingerprint density at radius 3 is 2.82 bits per heavy atom. The molecule has 1 aromatic heterocycles. The smallest absolute Gasteiger partial charge is 0.220 e. The molecule has 1 heterocycles. The van der Waals surface area contributed by atoms with Gasteiger partial charge in [-0.05, 0) is 83.9 Å². The number of likely N-dealkylation sites (N-methyl/N-ethyl adjacent to an activating group) is 1. The van der Waals surface area contributed by atoms with E-state index < -0.39 is 0 Å². The topological polar surface area (TPSA) is 41.6 Å². The van der Waals surface area contributed by atoms with Gasteiger partial charge >= 0.3 is 0 Å². The molecule has 0 fully saturated rings. The van der Waals surface area contributed by atoms with Gasteiger partial charge in [0, 0.05) is 13.0 Å². The van der Waals surface area contributed by atoms with Crippen molar-refractivity contribution in [3.8, 4) is 5.75 Å². The Kier molecular flexibility index (Phi) is 7.51. The molecule has 152 valence electrons. The van der Waals surface area contributed by atoms with Crippen molar-refractivity contribution in [3.05, 3.63) is 51.7 Å². The van der Waals surface area contributed by atoms with Crippen molar-refractivity contribution in [3.63, 3.8) is 0 Å². The predicted octanol–water partition coefficient (Wildman–Crippen LogP) is 4.77. The first kappa shape index (κ1) is 20.9. The van der Waals surface area contributed by atoms with Gasteiger partial charge in [0.1, 0.15) is 5.75 Å². The lowest BCUT2D eigenvalue weighted by Crippen LogP contribution is -2.38. The number of rotatable bonds is 9. The number of hydrogen-bond donors (Lipinski definition) is 1. The van der Waals surface area contributed by atoms with Gasteiger partial charge in [-0.1, -0.05) is 19.9 Å². The molecule has 3 rings (SSSR count). The summed E-state index contributed by atoms with van der Waals surface area (Å²) in [6.45, 7) is 6.98. The first-order valence-electron chi connectivity index (χ1n) is 10.4. The summed E-state index contributed by atoms with van der Waals surface area (Å²) in [4.78, 5) is 15.2. The summed E-state index contributed by atoms with van der Waals surface area (Å²) in [6, 6.07) is 8.71. The highest BCUT2D eigenvalue weighted by atomic mass is 32.1. The maximum Gasteiger partial charge on any atom is 0.220 e. The van der Waals surface area contributed by atoms with E-state index in [1.807, 2.05) is 6.07 Å². The van der Waals surface area contributed by atoms with Crippen LogP contribution < -0.4 is 10.1 Å². The second kappa shape index (κ2) is 10.1. The molecular weight excluding hydrogens is 368 g/mol. The molecule has 4 nitrogen and oxygen atoms in total. The van der Waals surface area contributed by atoms with Crippen LogP contribution in [0, 0.1) is 0 Å². The molecule has 0 radical (unpaired) electrons. The largest absolute Gasteiger partial charge is 0.497 e. The maximum absolute atomic E-state index is 12.8. The first-order chi connectivity index (χ1) is 13.7. The van der Waals surface area contributed by atoms with Crippen molar-refractivity contribution in [2.24, 2.45) is 0 Å². The molecule has 2 aromatic rings. The zero-order valence-electron chi connectivity index (χ0n) is 17.2. The Balaban J connectivity index is 1.63. The van der Waals surface area contributed by atoms with Crippen LogP contribution in [-0.4, -0.2) is 37.6 Å². The van der Waals surface area contributed by atoms with Crippen molar-refractivity contribution >= 4 is 17.2 Å². The number of carbonyl (C=O) groups is 1. The lowest BCUT2D eigenvalue weighted by molar-refractivity contribution is -0.121. The normalized spacial score (nSPS) is 17.2. The molecule has 1 aromatic carbocycles. The van der Waals surface area contributed by atoms with E-state index in [0.29, 0.717) is 18.9 Å². The van der Waals surface area contributed by atoms with E-state index in [0.717, 1.165) is 38.1 Å². The monoisotopic (exact) mass is 400 g/mol. The molecule has 0 spiro atoms. The minimum absolute atomic E-state index is 0.154. The summed E-state index contributed by atoms with van der Waals surface area (Å²) in [5.74, 6) is 1.37. The summed E-state index contributed by atoms with van der Waals surface area (Å²) < 4.78 is 5.36. The van der Waals surface area contributed by atoms with Gasteiger partial charge in [0.15, 0.2) is 0 Å². The number of benzene rings is 1. The molecule has 5 heteroatoms. The minimum atomic E-state index is 0.154. The highest BCUT2D eigenvalue weighted by Crippen LogP contribution is 2.35. The second-order valence-corrected chi connectivity index (χ2v) is 8.24. The Hall–Kier alpha value is -1.85. The van der Waals surface area contributed by atoms with Gasteiger partial charge in [-0.2, -0.15) is 11.3 Å². The molecule has 2 unspecified atom stereocenters. The number of aryl methyl sites for hydroxylation is 1. The van der Waals surface area contributed by atoms with Crippen LogP contribution in [0.5, 0.6) is 5.75 Å². The van der Waals surface area contributed by atoms with E-state index in [-0.39, 0.29) is 11.9 Å². The SMILES string of the molecule is CCN(CC)C(CNC(=O)CC1CCCc2cc(OC)ccc21)c1ccsc1. The van der Waals surface area contributed by atoms with Crippen LogP contribution in [0.4, 0.5) is 0 Å². The maximum atomic E-state index is 12.8. The van der Waals surface area contributed by atoms with Gasteiger partial charge in [-0.25, -0.2) is 0 Å². The van der Waals surface area contributed by atoms with Crippen LogP contribution in [0.2, 0.25) is 0 Å². The Morgan fingerprint density at radius 2 is 2.14 bits per heavy atom. The third kappa shape index (κ3) is 4.95. The zero-order chi connectivity index (χ0) is 19.9. The molecule has 28 heavy (non-hydrogen) atoms. The average Bonchev–Trinajstić information content (AvgIpc) is 3.25. The molecular formula is C23H32N2O2S. The van der Waals surface area contributed by atoms with E-state index in [2.05, 4.69) is 53.0 Å². The Labute approximate surface area is 172 Å². The van der Waals surface area contributed by atoms with Crippen LogP contribution in [-0.2, 0) is 11.2 Å². The van der Waals surface area contributed by atoms with E-state index in [1.165, 1.54) is 16.7 Å². The zero-order valence-corrected chi connectivity index (χ0v) is 18.1. The number of nitrogens with zero attached hydrogens (tertiary/aromatic N) is 1. The van der Waals surface area contributed by atoms with Gasteiger partial charge in [0.25, 0.3) is 0 Å². The second-order valence-electron chi connectivity index (χ2n) is 7.46. The first-order valence-corrected chi connectivity index (χ1v) is 11.3. The van der Waals surface area contributed by atoms with Crippen molar-refractivity contribution in [2.45, 2.75) is 51.5 Å². The van der Waals surface area contributed by atoms with Crippen LogP contribution >= 0.6 is 11.3 Å². The number of fused-ring (bicyclic) bond motifs is 1. The molecule has 2 atom stereocenters. The number of thiophene rings is 1. The van der Waals surface area contributed by atoms with E-state index in [1.54, 1.807) is 18.4 Å². The van der Waals surface area contributed by atoms with E-state index >= 15 is 0 Å². The highest BCUT2D eigenvalue weighted by molar-refractivity contribution is 7.07. The number of amides is 1. The molecule has 1 amide bonds. The number of methoxy groups -OCH3 is 1. The van der Waals surface area contributed by atoms with Crippen molar-refractivity contribution < 1.29 is 9.53 Å². The fraction of sp³-hybridized carbons (Fsp3) is 0.522. The van der Waals surface area contributed by atoms with E-state index in [9.17, 15) is 4.79 Å². The van der Waals surface area contributed by atoms with Crippen molar-refractivity contribution in [2.75, 3.05) is 26.7 Å². The van der Waals surface area contributed by atoms with Crippen LogP contribution in [0.3, 0.4) is 0 Å². The highest BCUT2D eigenvalue weighted by Gasteiger charge is 2.24. The molecule has 0 saturated carbocycles. The summed E-state index contributed by atoms with van der Waals surface area (Å²) >= 11 is 1.71. The molecule has 0 aliphatic heterocycles. The quantitative estimate of drug-likeness (QED) is 0.659. The molecule has 1 aliphatic carbocycles. The number of ether oxygens (including phenoxy) is 1. The van der Waals surface area contributed by atoms with Crippen LogP contribution in [0.1, 0.15) is 61.8 Å². The Bertz CT molecular complexity index is 756. The minimum Gasteiger partial charge on any atom is -0.497 e. The van der Waals surface area contributed by atoms with E-state index in [4.69, 9.17) is 4.74 Å². The lowest BCUT2D eigenvalue weighted by Gasteiger charge is -2.30. The van der Waals surface area contributed by atoms with Crippen LogP contribution in [0.25, 0.3) is 0 Å².